The summed E-state index contributed by atoms with van der Waals surface area (Å²) in [7, 11) is 0. The van der Waals surface area contributed by atoms with Crippen molar-refractivity contribution in [2.24, 2.45) is 5.73 Å². The highest BCUT2D eigenvalue weighted by Gasteiger charge is 2.26. The van der Waals surface area contributed by atoms with Gasteiger partial charge in [-0.05, 0) is 31.0 Å². The van der Waals surface area contributed by atoms with E-state index in [-0.39, 0.29) is 47.8 Å². The number of amides is 2. The van der Waals surface area contributed by atoms with E-state index in [0.29, 0.717) is 36.0 Å². The maximum atomic E-state index is 13.7. The summed E-state index contributed by atoms with van der Waals surface area (Å²) in [4.78, 5) is 50.3. The highest BCUT2D eigenvalue weighted by molar-refractivity contribution is 7.15. The summed E-state index contributed by atoms with van der Waals surface area (Å²) < 4.78 is 28.2. The van der Waals surface area contributed by atoms with Crippen molar-refractivity contribution in [2.75, 3.05) is 19.7 Å². The summed E-state index contributed by atoms with van der Waals surface area (Å²) in [6, 6.07) is 3.89. The molecule has 0 unspecified atom stereocenters. The number of rotatable bonds is 10. The Bertz CT molecular complexity index is 1730. The van der Waals surface area contributed by atoms with Crippen LogP contribution in [-0.2, 0) is 22.5 Å². The van der Waals surface area contributed by atoms with Crippen LogP contribution >= 0.6 is 11.3 Å². The van der Waals surface area contributed by atoms with Gasteiger partial charge in [0, 0.05) is 35.5 Å². The molecular formula is C29H31FN6O5S. The van der Waals surface area contributed by atoms with Gasteiger partial charge in [-0.15, -0.1) is 11.3 Å². The number of carbonyl (C=O) groups excluding carboxylic acids is 2. The molecule has 0 bridgehead atoms. The Balaban J connectivity index is 1.50. The molecule has 1 aromatic carbocycles. The van der Waals surface area contributed by atoms with Gasteiger partial charge in [0.05, 0.1) is 19.7 Å². The first kappa shape index (κ1) is 29.0. The maximum Gasteiger partial charge on any atom is 0.302 e. The van der Waals surface area contributed by atoms with Crippen molar-refractivity contribution >= 4 is 28.9 Å². The summed E-state index contributed by atoms with van der Waals surface area (Å²) in [6.45, 7) is 8.74. The lowest BCUT2D eigenvalue weighted by Gasteiger charge is -2.33. The minimum Gasteiger partial charge on any atom is -0.492 e. The van der Waals surface area contributed by atoms with Crippen LogP contribution in [0.2, 0.25) is 0 Å². The SMILES string of the molecule is C=C1CN(C(=O)Cn2ccn3c(=O)c(OCCCC)c(-c4ncc(Cc5ccc(F)cc5C(N)=O)s4)nc23)C[C@H](C)O1. The highest BCUT2D eigenvalue weighted by Crippen LogP contribution is 2.31. The fraction of sp³-hybridized carbons (Fsp3) is 0.345. The van der Waals surface area contributed by atoms with Gasteiger partial charge in [0.25, 0.3) is 0 Å². The molecule has 0 radical (unpaired) electrons. The largest absolute Gasteiger partial charge is 0.492 e. The van der Waals surface area contributed by atoms with Gasteiger partial charge in [-0.3, -0.25) is 14.4 Å². The summed E-state index contributed by atoms with van der Waals surface area (Å²) in [6.07, 6.45) is 6.53. The Labute approximate surface area is 245 Å². The van der Waals surface area contributed by atoms with E-state index in [0.717, 1.165) is 23.8 Å². The molecule has 1 atom stereocenters. The van der Waals surface area contributed by atoms with E-state index in [2.05, 4.69) is 11.6 Å². The Kier molecular flexibility index (Phi) is 8.39. The summed E-state index contributed by atoms with van der Waals surface area (Å²) in [5.74, 6) is -0.606. The first-order valence-corrected chi connectivity index (χ1v) is 14.4. The smallest absolute Gasteiger partial charge is 0.302 e. The van der Waals surface area contributed by atoms with Crippen molar-refractivity contribution < 1.29 is 23.5 Å². The number of thiazole rings is 1. The van der Waals surface area contributed by atoms with Crippen LogP contribution in [-0.4, -0.2) is 61.5 Å². The van der Waals surface area contributed by atoms with Crippen molar-refractivity contribution in [3.8, 4) is 16.5 Å². The van der Waals surface area contributed by atoms with Crippen LogP contribution in [0.5, 0.6) is 5.75 Å². The van der Waals surface area contributed by atoms with Crippen LogP contribution in [0.15, 0.2) is 53.9 Å². The van der Waals surface area contributed by atoms with Crippen LogP contribution < -0.4 is 16.0 Å². The molecule has 11 nitrogen and oxygen atoms in total. The second-order valence-corrected chi connectivity index (χ2v) is 11.2. The Morgan fingerprint density at radius 2 is 2.12 bits per heavy atom. The normalized spacial score (nSPS) is 15.2. The average Bonchev–Trinajstić information content (AvgIpc) is 3.57. The number of nitrogens with two attached hydrogens (primary N) is 1. The predicted octanol–water partition coefficient (Wildman–Crippen LogP) is 3.39. The van der Waals surface area contributed by atoms with Gasteiger partial charge in [0.1, 0.15) is 29.2 Å². The molecule has 1 saturated heterocycles. The third kappa shape index (κ3) is 6.05. The number of ether oxygens (including phenoxy) is 2. The second kappa shape index (κ2) is 12.1. The Hall–Kier alpha value is -4.52. The van der Waals surface area contributed by atoms with E-state index in [9.17, 15) is 18.8 Å². The molecule has 1 aliphatic heterocycles. The van der Waals surface area contributed by atoms with Gasteiger partial charge < -0.3 is 24.7 Å². The van der Waals surface area contributed by atoms with Gasteiger partial charge in [-0.25, -0.2) is 18.8 Å². The van der Waals surface area contributed by atoms with Gasteiger partial charge in [0.15, 0.2) is 5.69 Å². The number of unbranched alkanes of at least 4 members (excludes halogenated alkanes) is 1. The van der Waals surface area contributed by atoms with Crippen LogP contribution in [0, 0.1) is 5.82 Å². The number of hydrogen-bond acceptors (Lipinski definition) is 8. The average molecular weight is 595 g/mol. The molecule has 42 heavy (non-hydrogen) atoms. The number of morpholine rings is 1. The fourth-order valence-corrected chi connectivity index (χ4v) is 5.70. The summed E-state index contributed by atoms with van der Waals surface area (Å²) >= 11 is 1.27. The zero-order valence-electron chi connectivity index (χ0n) is 23.3. The molecule has 0 saturated carbocycles. The van der Waals surface area contributed by atoms with Crippen LogP contribution in [0.3, 0.4) is 0 Å². The zero-order valence-corrected chi connectivity index (χ0v) is 24.2. The first-order valence-electron chi connectivity index (χ1n) is 13.5. The first-order chi connectivity index (χ1) is 20.1. The van der Waals surface area contributed by atoms with E-state index < -0.39 is 17.3 Å². The molecule has 220 valence electrons. The molecule has 2 amide bonds. The maximum absolute atomic E-state index is 13.7. The van der Waals surface area contributed by atoms with Crippen molar-refractivity contribution in [1.82, 2.24) is 23.8 Å². The highest BCUT2D eigenvalue weighted by atomic mass is 32.1. The Morgan fingerprint density at radius 3 is 2.86 bits per heavy atom. The zero-order chi connectivity index (χ0) is 30.0. The van der Waals surface area contributed by atoms with Crippen LogP contribution in [0.1, 0.15) is 47.5 Å². The molecule has 1 aliphatic rings. The third-order valence-electron chi connectivity index (χ3n) is 6.78. The molecule has 0 aliphatic carbocycles. The molecule has 4 heterocycles. The van der Waals surface area contributed by atoms with E-state index >= 15 is 0 Å². The molecule has 2 N–H and O–H groups in total. The summed E-state index contributed by atoms with van der Waals surface area (Å²) in [5, 5.41) is 0.427. The van der Waals surface area contributed by atoms with Gasteiger partial charge >= 0.3 is 5.56 Å². The number of aromatic nitrogens is 4. The van der Waals surface area contributed by atoms with Gasteiger partial charge in [-0.2, -0.15) is 0 Å². The molecule has 3 aromatic heterocycles. The molecular weight excluding hydrogens is 563 g/mol. The van der Waals surface area contributed by atoms with Crippen molar-refractivity contribution in [3.63, 3.8) is 0 Å². The second-order valence-electron chi connectivity index (χ2n) is 10.1. The van der Waals surface area contributed by atoms with Crippen molar-refractivity contribution in [2.45, 2.75) is 45.8 Å². The molecule has 1 fully saturated rings. The molecule has 5 rings (SSSR count). The van der Waals surface area contributed by atoms with E-state index in [1.54, 1.807) is 28.1 Å². The van der Waals surface area contributed by atoms with E-state index in [4.69, 9.17) is 20.2 Å². The van der Waals surface area contributed by atoms with Crippen LogP contribution in [0.4, 0.5) is 4.39 Å². The lowest BCUT2D eigenvalue weighted by molar-refractivity contribution is -0.135. The minimum atomic E-state index is -0.729. The van der Waals surface area contributed by atoms with E-state index in [1.165, 1.54) is 27.9 Å². The quantitative estimate of drug-likeness (QED) is 0.278. The van der Waals surface area contributed by atoms with Gasteiger partial charge in [-0.1, -0.05) is 26.0 Å². The lowest BCUT2D eigenvalue weighted by Crippen LogP contribution is -2.44. The molecule has 13 heteroatoms. The Morgan fingerprint density at radius 1 is 1.31 bits per heavy atom. The number of hydrogen-bond donors (Lipinski definition) is 1. The topological polar surface area (TPSA) is 134 Å². The van der Waals surface area contributed by atoms with Crippen molar-refractivity contribution in [1.29, 1.82) is 0 Å². The molecule has 4 aromatic rings. The number of benzene rings is 1. The number of nitrogens with zero attached hydrogens (tertiary/aromatic N) is 5. The third-order valence-corrected chi connectivity index (χ3v) is 7.79. The lowest BCUT2D eigenvalue weighted by atomic mass is 10.0. The number of primary amides is 1. The molecule has 0 spiro atoms. The van der Waals surface area contributed by atoms with Crippen molar-refractivity contribution in [3.05, 3.63) is 81.3 Å². The number of fused-ring (bicyclic) bond motifs is 1. The van der Waals surface area contributed by atoms with Gasteiger partial charge in [0.2, 0.25) is 23.3 Å². The minimum absolute atomic E-state index is 0.0397. The number of imidazole rings is 1. The van der Waals surface area contributed by atoms with E-state index in [1.807, 2.05) is 13.8 Å². The monoisotopic (exact) mass is 594 g/mol. The number of carbonyl (C=O) groups is 2. The summed E-state index contributed by atoms with van der Waals surface area (Å²) in [5.41, 5.74) is 5.93. The standard InChI is InChI=1S/C29H31FN6O5S/c1-4-5-10-40-25-24(27-32-13-21(42-27)11-19-6-7-20(30)12-22(19)26(31)38)33-29-34(8-9-36(29)28(25)39)16-23(37)35-14-17(2)41-18(3)15-35/h6-9,12-13,18H,2,4-5,10-11,14-16H2,1,3H3,(H2,31,38)/t18-/m0/s1. The number of halogens is 1. The fourth-order valence-electron chi connectivity index (χ4n) is 4.78. The predicted molar refractivity (Wildman–Crippen MR) is 155 cm³/mol. The van der Waals surface area contributed by atoms with Crippen LogP contribution in [0.25, 0.3) is 16.5 Å².